The molecule has 0 bridgehead atoms. The number of aromatic nitrogens is 2. The highest BCUT2D eigenvalue weighted by Gasteiger charge is 2.09. The standard InChI is InChI=1S/C11H21N3O/c1-5-9(4)6-11-13-10(14-15-11)7-12-8(2)3/h8-9,12H,5-7H2,1-4H3. The fourth-order valence-corrected chi connectivity index (χ4v) is 1.18. The summed E-state index contributed by atoms with van der Waals surface area (Å²) in [5.41, 5.74) is 0. The molecule has 0 aliphatic heterocycles. The van der Waals surface area contributed by atoms with E-state index in [-0.39, 0.29) is 0 Å². The van der Waals surface area contributed by atoms with Crippen LogP contribution in [0.3, 0.4) is 0 Å². The van der Waals surface area contributed by atoms with Crippen LogP contribution >= 0.6 is 0 Å². The minimum absolute atomic E-state index is 0.446. The third-order valence-corrected chi connectivity index (χ3v) is 2.40. The Morgan fingerprint density at radius 2 is 2.07 bits per heavy atom. The van der Waals surface area contributed by atoms with Gasteiger partial charge < -0.3 is 9.84 Å². The highest BCUT2D eigenvalue weighted by atomic mass is 16.5. The van der Waals surface area contributed by atoms with Crippen molar-refractivity contribution in [2.45, 2.75) is 53.1 Å². The summed E-state index contributed by atoms with van der Waals surface area (Å²) in [7, 11) is 0. The van der Waals surface area contributed by atoms with E-state index < -0.39 is 0 Å². The molecule has 0 amide bonds. The summed E-state index contributed by atoms with van der Waals surface area (Å²) < 4.78 is 5.17. The average molecular weight is 211 g/mol. The van der Waals surface area contributed by atoms with Crippen LogP contribution in [0.5, 0.6) is 0 Å². The van der Waals surface area contributed by atoms with Gasteiger partial charge in [0.2, 0.25) is 5.89 Å². The molecule has 1 aromatic heterocycles. The fraction of sp³-hybridized carbons (Fsp3) is 0.818. The quantitative estimate of drug-likeness (QED) is 0.783. The number of nitrogens with one attached hydrogen (secondary N) is 1. The Bertz CT molecular complexity index is 283. The molecule has 0 fully saturated rings. The minimum atomic E-state index is 0.446. The van der Waals surface area contributed by atoms with Crippen LogP contribution in [0.25, 0.3) is 0 Å². The third-order valence-electron chi connectivity index (χ3n) is 2.40. The zero-order chi connectivity index (χ0) is 11.3. The van der Waals surface area contributed by atoms with Gasteiger partial charge in [-0.3, -0.25) is 0 Å². The van der Waals surface area contributed by atoms with E-state index >= 15 is 0 Å². The molecule has 0 aliphatic rings. The van der Waals surface area contributed by atoms with Crippen molar-refractivity contribution in [1.29, 1.82) is 0 Å². The molecule has 0 aliphatic carbocycles. The predicted octanol–water partition coefficient (Wildman–Crippen LogP) is 2.16. The van der Waals surface area contributed by atoms with Crippen LogP contribution in [0.4, 0.5) is 0 Å². The van der Waals surface area contributed by atoms with E-state index in [1.807, 2.05) is 0 Å². The molecule has 0 saturated carbocycles. The SMILES string of the molecule is CCC(C)Cc1nc(CNC(C)C)no1. The second-order valence-electron chi connectivity index (χ2n) is 4.36. The van der Waals surface area contributed by atoms with Crippen molar-refractivity contribution in [3.8, 4) is 0 Å². The van der Waals surface area contributed by atoms with Crippen molar-refractivity contribution in [1.82, 2.24) is 15.5 Å². The minimum Gasteiger partial charge on any atom is -0.339 e. The number of hydrogen-bond donors (Lipinski definition) is 1. The topological polar surface area (TPSA) is 51.0 Å². The van der Waals surface area contributed by atoms with Crippen LogP contribution in [0.1, 0.15) is 45.8 Å². The first-order chi connectivity index (χ1) is 7.11. The van der Waals surface area contributed by atoms with Crippen LogP contribution in [0, 0.1) is 5.92 Å². The summed E-state index contributed by atoms with van der Waals surface area (Å²) in [6.45, 7) is 9.24. The maximum absolute atomic E-state index is 5.17. The van der Waals surface area contributed by atoms with Gasteiger partial charge in [-0.1, -0.05) is 39.3 Å². The maximum atomic E-state index is 5.17. The first-order valence-corrected chi connectivity index (χ1v) is 5.66. The fourth-order valence-electron chi connectivity index (χ4n) is 1.18. The van der Waals surface area contributed by atoms with Crippen LogP contribution in [-0.2, 0) is 13.0 Å². The summed E-state index contributed by atoms with van der Waals surface area (Å²) in [6.07, 6.45) is 2.02. The first-order valence-electron chi connectivity index (χ1n) is 5.66. The molecule has 1 heterocycles. The van der Waals surface area contributed by atoms with Crippen molar-refractivity contribution in [2.24, 2.45) is 5.92 Å². The highest BCUT2D eigenvalue weighted by molar-refractivity contribution is 4.87. The van der Waals surface area contributed by atoms with E-state index in [0.29, 0.717) is 18.5 Å². The van der Waals surface area contributed by atoms with E-state index in [9.17, 15) is 0 Å². The van der Waals surface area contributed by atoms with Crippen LogP contribution in [-0.4, -0.2) is 16.2 Å². The molecule has 86 valence electrons. The molecule has 1 atom stereocenters. The van der Waals surface area contributed by atoms with Crippen molar-refractivity contribution in [2.75, 3.05) is 0 Å². The molecular weight excluding hydrogens is 190 g/mol. The molecule has 1 aromatic rings. The zero-order valence-corrected chi connectivity index (χ0v) is 10.1. The number of hydrogen-bond acceptors (Lipinski definition) is 4. The Kier molecular flexibility index (Phi) is 4.75. The van der Waals surface area contributed by atoms with Crippen LogP contribution in [0.2, 0.25) is 0 Å². The van der Waals surface area contributed by atoms with Gasteiger partial charge in [0.25, 0.3) is 0 Å². The van der Waals surface area contributed by atoms with Crippen molar-refractivity contribution >= 4 is 0 Å². The molecule has 0 spiro atoms. The Labute approximate surface area is 91.5 Å². The highest BCUT2D eigenvalue weighted by Crippen LogP contribution is 2.09. The van der Waals surface area contributed by atoms with Gasteiger partial charge in [-0.15, -0.1) is 0 Å². The van der Waals surface area contributed by atoms with Crippen molar-refractivity contribution in [3.63, 3.8) is 0 Å². The molecule has 0 radical (unpaired) electrons. The van der Waals surface area contributed by atoms with Gasteiger partial charge in [0, 0.05) is 12.5 Å². The van der Waals surface area contributed by atoms with Crippen LogP contribution in [0.15, 0.2) is 4.52 Å². The van der Waals surface area contributed by atoms with E-state index in [1.54, 1.807) is 0 Å². The van der Waals surface area contributed by atoms with Gasteiger partial charge in [-0.05, 0) is 5.92 Å². The lowest BCUT2D eigenvalue weighted by Gasteiger charge is -2.03. The molecule has 4 heteroatoms. The zero-order valence-electron chi connectivity index (χ0n) is 10.1. The van der Waals surface area contributed by atoms with E-state index in [1.165, 1.54) is 0 Å². The first kappa shape index (κ1) is 12.2. The number of rotatable bonds is 6. The molecule has 1 rings (SSSR count). The largest absolute Gasteiger partial charge is 0.339 e. The average Bonchev–Trinajstić information content (AvgIpc) is 2.62. The summed E-state index contributed by atoms with van der Waals surface area (Å²) in [5, 5.41) is 7.18. The predicted molar refractivity (Wildman–Crippen MR) is 59.4 cm³/mol. The van der Waals surface area contributed by atoms with Gasteiger partial charge in [0.15, 0.2) is 5.82 Å². The van der Waals surface area contributed by atoms with Crippen molar-refractivity contribution < 1.29 is 4.52 Å². The summed E-state index contributed by atoms with van der Waals surface area (Å²) in [4.78, 5) is 4.33. The second-order valence-corrected chi connectivity index (χ2v) is 4.36. The second kappa shape index (κ2) is 5.85. The molecule has 4 nitrogen and oxygen atoms in total. The lowest BCUT2D eigenvalue weighted by atomic mass is 10.1. The van der Waals surface area contributed by atoms with Gasteiger partial charge in [-0.2, -0.15) is 4.98 Å². The Balaban J connectivity index is 2.42. The Hall–Kier alpha value is -0.900. The van der Waals surface area contributed by atoms with E-state index in [4.69, 9.17) is 4.52 Å². The third kappa shape index (κ3) is 4.42. The molecular formula is C11H21N3O. The maximum Gasteiger partial charge on any atom is 0.226 e. The monoisotopic (exact) mass is 211 g/mol. The molecule has 15 heavy (non-hydrogen) atoms. The molecule has 0 saturated heterocycles. The molecule has 1 N–H and O–H groups in total. The van der Waals surface area contributed by atoms with Gasteiger partial charge in [0.1, 0.15) is 0 Å². The van der Waals surface area contributed by atoms with Gasteiger partial charge in [-0.25, -0.2) is 0 Å². The Morgan fingerprint density at radius 3 is 2.67 bits per heavy atom. The lowest BCUT2D eigenvalue weighted by Crippen LogP contribution is -2.22. The summed E-state index contributed by atoms with van der Waals surface area (Å²) in [6, 6.07) is 0.446. The summed E-state index contributed by atoms with van der Waals surface area (Å²) >= 11 is 0. The van der Waals surface area contributed by atoms with Crippen LogP contribution < -0.4 is 5.32 Å². The summed E-state index contributed by atoms with van der Waals surface area (Å²) in [5.74, 6) is 2.11. The Morgan fingerprint density at radius 1 is 1.33 bits per heavy atom. The normalized spacial score (nSPS) is 13.4. The smallest absolute Gasteiger partial charge is 0.226 e. The molecule has 0 aromatic carbocycles. The van der Waals surface area contributed by atoms with Gasteiger partial charge in [0.05, 0.1) is 6.54 Å². The van der Waals surface area contributed by atoms with Gasteiger partial charge >= 0.3 is 0 Å². The van der Waals surface area contributed by atoms with Crippen molar-refractivity contribution in [3.05, 3.63) is 11.7 Å². The van der Waals surface area contributed by atoms with E-state index in [2.05, 4.69) is 43.2 Å². The molecule has 1 unspecified atom stereocenters. The lowest BCUT2D eigenvalue weighted by molar-refractivity contribution is 0.350. The van der Waals surface area contributed by atoms with E-state index in [0.717, 1.165) is 24.6 Å². The number of nitrogens with zero attached hydrogens (tertiary/aromatic N) is 2.